The minimum atomic E-state index is -3.97. The molecule has 4 aromatic rings. The number of fused-ring (bicyclic) bond motifs is 1. The summed E-state index contributed by atoms with van der Waals surface area (Å²) in [6, 6.07) is 20.2. The molecule has 0 fully saturated rings. The van der Waals surface area contributed by atoms with Crippen LogP contribution in [0.4, 0.5) is 0 Å². The molecule has 34 heavy (non-hydrogen) atoms. The van der Waals surface area contributed by atoms with E-state index >= 15 is 0 Å². The first-order valence-electron chi connectivity index (χ1n) is 11.0. The van der Waals surface area contributed by atoms with E-state index in [1.54, 1.807) is 43.2 Å². The lowest BCUT2D eigenvalue weighted by molar-refractivity contribution is -0.608. The lowest BCUT2D eigenvalue weighted by Gasteiger charge is -2.23. The fraction of sp³-hybridized carbons (Fsp3) is 0.222. The summed E-state index contributed by atoms with van der Waals surface area (Å²) in [5.74, 6) is 1.14. The third kappa shape index (κ3) is 4.19. The summed E-state index contributed by atoms with van der Waals surface area (Å²) in [5.41, 5.74) is 4.22. The number of pyridine rings is 1. The van der Waals surface area contributed by atoms with Gasteiger partial charge in [-0.2, -0.15) is 0 Å². The van der Waals surface area contributed by atoms with Crippen molar-refractivity contribution >= 4 is 20.8 Å². The highest BCUT2D eigenvalue weighted by molar-refractivity contribution is 7.93. The summed E-state index contributed by atoms with van der Waals surface area (Å²) in [5, 5.41) is 1.96. The van der Waals surface area contributed by atoms with Crippen LogP contribution in [0.1, 0.15) is 23.7 Å². The van der Waals surface area contributed by atoms with E-state index in [4.69, 9.17) is 9.47 Å². The Morgan fingerprint density at radius 2 is 1.50 bits per heavy atom. The van der Waals surface area contributed by atoms with Crippen molar-refractivity contribution in [1.29, 1.82) is 0 Å². The van der Waals surface area contributed by atoms with Crippen molar-refractivity contribution in [2.75, 3.05) is 14.2 Å². The second kappa shape index (κ2) is 9.35. The average Bonchev–Trinajstić information content (AvgIpc) is 2.84. The Hall–Kier alpha value is -3.58. The standard InChI is InChI=1S/C27H28N2O4S/c1-6-22-19(3)29(28-34(30,31)21-14-11-18(2)12-15-21)27(24-10-8-7-9-23(22)24)20-13-16-25(32-4)26(17-20)33-5/h7-17H,6H2,1-5H3. The molecule has 0 atom stereocenters. The number of benzene rings is 3. The van der Waals surface area contributed by atoms with E-state index in [-0.39, 0.29) is 4.90 Å². The maximum Gasteiger partial charge on any atom is 0.216 e. The first-order valence-corrected chi connectivity index (χ1v) is 12.5. The van der Waals surface area contributed by atoms with Gasteiger partial charge >= 0.3 is 0 Å². The van der Waals surface area contributed by atoms with E-state index in [0.717, 1.165) is 39.6 Å². The third-order valence-corrected chi connectivity index (χ3v) is 7.24. The molecule has 0 unspecified atom stereocenters. The summed E-state index contributed by atoms with van der Waals surface area (Å²) in [4.78, 5) is 4.49. The molecule has 4 rings (SSSR count). The minimum absolute atomic E-state index is 0.148. The van der Waals surface area contributed by atoms with Gasteiger partial charge in [0, 0.05) is 12.5 Å². The number of rotatable bonds is 7. The van der Waals surface area contributed by atoms with Crippen molar-refractivity contribution in [3.63, 3.8) is 0 Å². The fourth-order valence-electron chi connectivity index (χ4n) is 4.23. The van der Waals surface area contributed by atoms with Gasteiger partial charge in [-0.05, 0) is 55.1 Å². The van der Waals surface area contributed by atoms with E-state index in [2.05, 4.69) is 17.8 Å². The zero-order chi connectivity index (χ0) is 24.5. The van der Waals surface area contributed by atoms with Crippen LogP contribution >= 0.6 is 0 Å². The number of nitrogens with zero attached hydrogens (tertiary/aromatic N) is 2. The largest absolute Gasteiger partial charge is 0.493 e. The molecule has 176 valence electrons. The van der Waals surface area contributed by atoms with Crippen LogP contribution in [-0.2, 0) is 16.4 Å². The monoisotopic (exact) mass is 476 g/mol. The van der Waals surface area contributed by atoms with E-state index in [1.165, 1.54) is 0 Å². The molecule has 0 amide bonds. The first kappa shape index (κ1) is 23.6. The molecule has 6 nitrogen and oxygen atoms in total. The number of methoxy groups -OCH3 is 2. The number of aryl methyl sites for hydroxylation is 2. The predicted molar refractivity (Wildman–Crippen MR) is 134 cm³/mol. The first-order chi connectivity index (χ1) is 16.3. The van der Waals surface area contributed by atoms with Gasteiger partial charge in [0.2, 0.25) is 5.69 Å². The highest BCUT2D eigenvalue weighted by Gasteiger charge is 2.24. The van der Waals surface area contributed by atoms with Gasteiger partial charge < -0.3 is 14.3 Å². The second-order valence-electron chi connectivity index (χ2n) is 8.06. The molecule has 0 aliphatic carbocycles. The molecular formula is C27H28N2O4S. The molecule has 3 aromatic carbocycles. The Kier molecular flexibility index (Phi) is 6.48. The van der Waals surface area contributed by atoms with Gasteiger partial charge in [0.1, 0.15) is 0 Å². The van der Waals surface area contributed by atoms with Gasteiger partial charge in [0.25, 0.3) is 0 Å². The molecule has 7 heteroatoms. The summed E-state index contributed by atoms with van der Waals surface area (Å²) < 4.78 is 39.2. The average molecular weight is 477 g/mol. The van der Waals surface area contributed by atoms with Crippen LogP contribution in [0.5, 0.6) is 11.5 Å². The van der Waals surface area contributed by atoms with Crippen LogP contribution in [0.3, 0.4) is 0 Å². The van der Waals surface area contributed by atoms with E-state index in [0.29, 0.717) is 17.2 Å². The Bertz CT molecular complexity index is 1460. The summed E-state index contributed by atoms with van der Waals surface area (Å²) in [6.07, 6.45) is 0.735. The highest BCUT2D eigenvalue weighted by Crippen LogP contribution is 2.36. The van der Waals surface area contributed by atoms with Gasteiger partial charge in [0.15, 0.2) is 27.2 Å². The summed E-state index contributed by atoms with van der Waals surface area (Å²) in [6.45, 7) is 5.88. The van der Waals surface area contributed by atoms with Crippen molar-refractivity contribution in [3.8, 4) is 22.8 Å². The minimum Gasteiger partial charge on any atom is -0.493 e. The lowest BCUT2D eigenvalue weighted by atomic mass is 9.97. The molecule has 1 aromatic heterocycles. The Balaban J connectivity index is 2.03. The molecule has 0 aliphatic rings. The van der Waals surface area contributed by atoms with Crippen molar-refractivity contribution in [2.24, 2.45) is 0 Å². The molecule has 1 heterocycles. The van der Waals surface area contributed by atoms with E-state index in [9.17, 15) is 8.42 Å². The Labute approximate surface area is 200 Å². The van der Waals surface area contributed by atoms with Crippen LogP contribution in [0.2, 0.25) is 0 Å². The maximum atomic E-state index is 13.4. The lowest BCUT2D eigenvalue weighted by Crippen LogP contribution is -2.39. The van der Waals surface area contributed by atoms with Gasteiger partial charge in [-0.25, -0.2) is 13.1 Å². The smallest absolute Gasteiger partial charge is 0.216 e. The van der Waals surface area contributed by atoms with E-state index < -0.39 is 10.0 Å². The zero-order valence-electron chi connectivity index (χ0n) is 20.0. The molecule has 0 saturated heterocycles. The molecule has 0 radical (unpaired) electrons. The predicted octanol–water partition coefficient (Wildman–Crippen LogP) is 5.52. The molecule has 0 saturated carbocycles. The van der Waals surface area contributed by atoms with E-state index in [1.807, 2.05) is 50.2 Å². The van der Waals surface area contributed by atoms with Crippen LogP contribution in [0.25, 0.3) is 26.9 Å². The SMILES string of the molecule is CCc1c(C)[n+]([N-]S(=O)(=O)c2ccc(C)cc2)c(-c2ccc(OC)c(OC)c2)c2ccccc12. The third-order valence-electron chi connectivity index (χ3n) is 5.99. The normalized spacial score (nSPS) is 11.4. The van der Waals surface area contributed by atoms with Crippen LogP contribution in [-0.4, -0.2) is 22.6 Å². The zero-order valence-corrected chi connectivity index (χ0v) is 20.8. The van der Waals surface area contributed by atoms with Crippen LogP contribution in [0, 0.1) is 13.8 Å². The number of aromatic nitrogens is 1. The van der Waals surface area contributed by atoms with Gasteiger partial charge in [-0.3, -0.25) is 0 Å². The second-order valence-corrected chi connectivity index (χ2v) is 9.65. The van der Waals surface area contributed by atoms with Crippen LogP contribution in [0.15, 0.2) is 71.6 Å². The van der Waals surface area contributed by atoms with Crippen molar-refractivity contribution in [2.45, 2.75) is 32.1 Å². The Morgan fingerprint density at radius 3 is 2.12 bits per heavy atom. The maximum absolute atomic E-state index is 13.4. The highest BCUT2D eigenvalue weighted by atomic mass is 32.2. The number of ether oxygens (including phenoxy) is 2. The van der Waals surface area contributed by atoms with Gasteiger partial charge in [0.05, 0.1) is 30.1 Å². The Morgan fingerprint density at radius 1 is 0.853 bits per heavy atom. The molecular weight excluding hydrogens is 448 g/mol. The summed E-state index contributed by atoms with van der Waals surface area (Å²) in [7, 11) is -0.818. The molecule has 0 spiro atoms. The van der Waals surface area contributed by atoms with Gasteiger partial charge in [-0.1, -0.05) is 42.8 Å². The summed E-state index contributed by atoms with van der Waals surface area (Å²) >= 11 is 0. The van der Waals surface area contributed by atoms with Crippen molar-refractivity contribution in [1.82, 2.24) is 0 Å². The topological polar surface area (TPSA) is 70.6 Å². The quantitative estimate of drug-likeness (QED) is 0.330. The molecule has 0 bridgehead atoms. The van der Waals surface area contributed by atoms with Crippen LogP contribution < -0.4 is 14.1 Å². The fourth-order valence-corrected chi connectivity index (χ4v) is 5.23. The number of hydrogen-bond acceptors (Lipinski definition) is 4. The van der Waals surface area contributed by atoms with Gasteiger partial charge in [-0.15, -0.1) is 0 Å². The number of hydrogen-bond donors (Lipinski definition) is 0. The van der Waals surface area contributed by atoms with Crippen molar-refractivity contribution < 1.29 is 22.6 Å². The van der Waals surface area contributed by atoms with Crippen molar-refractivity contribution in [3.05, 3.63) is 88.4 Å². The molecule has 0 N–H and O–H groups in total. The molecule has 0 aliphatic heterocycles. The number of sulfonamides is 1.